The minimum atomic E-state index is -0.336. The van der Waals surface area contributed by atoms with Gasteiger partial charge >= 0.3 is 0 Å². The van der Waals surface area contributed by atoms with Crippen LogP contribution in [0.5, 0.6) is 5.75 Å². The summed E-state index contributed by atoms with van der Waals surface area (Å²) < 4.78 is 0.879. The molecule has 5 nitrogen and oxygen atoms in total. The first kappa shape index (κ1) is 14.7. The Morgan fingerprint density at radius 3 is 2.72 bits per heavy atom. The van der Waals surface area contributed by atoms with Crippen LogP contribution in [0.3, 0.4) is 0 Å². The van der Waals surface area contributed by atoms with Gasteiger partial charge in [-0.2, -0.15) is 0 Å². The molecule has 0 spiro atoms. The van der Waals surface area contributed by atoms with Crippen LogP contribution in [0.2, 0.25) is 0 Å². The number of phenols is 1. The van der Waals surface area contributed by atoms with Gasteiger partial charge < -0.3 is 16.2 Å². The number of benzene rings is 1. The number of rotatable bonds is 6. The van der Waals surface area contributed by atoms with E-state index in [9.17, 15) is 14.7 Å². The third-order valence-corrected chi connectivity index (χ3v) is 3.01. The fraction of sp³-hybridized carbons (Fsp3) is 0.333. The summed E-state index contributed by atoms with van der Waals surface area (Å²) in [5.74, 6) is -0.688. The number of hydrogen-bond donors (Lipinski definition) is 3. The van der Waals surface area contributed by atoms with Gasteiger partial charge in [-0.05, 0) is 53.6 Å². The molecule has 1 aromatic carbocycles. The lowest BCUT2D eigenvalue weighted by Crippen LogP contribution is -2.24. The van der Waals surface area contributed by atoms with Crippen LogP contribution in [-0.4, -0.2) is 23.5 Å². The van der Waals surface area contributed by atoms with Gasteiger partial charge in [0.2, 0.25) is 5.91 Å². The number of nitrogens with two attached hydrogens (primary N) is 1. The fourth-order valence-electron chi connectivity index (χ4n) is 1.41. The first-order valence-corrected chi connectivity index (χ1v) is 6.63. The molecule has 0 saturated heterocycles. The van der Waals surface area contributed by atoms with E-state index in [-0.39, 0.29) is 23.1 Å². The smallest absolute Gasteiger partial charge is 0.255 e. The molecule has 0 atom stereocenters. The average Bonchev–Trinajstić information content (AvgIpc) is 2.31. The quantitative estimate of drug-likeness (QED) is 0.527. The summed E-state index contributed by atoms with van der Waals surface area (Å²) in [5, 5.41) is 12.2. The standard InChI is InChI=1S/C12H15IN2O3/c13-8-4-5-10(16)9(7-8)12(18)15-6-2-1-3-11(14)17/h4-5,7,16H,1-3,6H2,(H2,14,17)(H,15,18). The molecule has 1 rings (SSSR count). The van der Waals surface area contributed by atoms with Gasteiger partial charge in [-0.1, -0.05) is 0 Å². The van der Waals surface area contributed by atoms with E-state index in [0.29, 0.717) is 25.8 Å². The minimum Gasteiger partial charge on any atom is -0.507 e. The molecule has 98 valence electrons. The highest BCUT2D eigenvalue weighted by atomic mass is 127. The molecule has 0 radical (unpaired) electrons. The molecule has 0 aliphatic rings. The summed E-state index contributed by atoms with van der Waals surface area (Å²) in [5.41, 5.74) is 5.26. The highest BCUT2D eigenvalue weighted by Gasteiger charge is 2.10. The number of aromatic hydroxyl groups is 1. The van der Waals surface area contributed by atoms with Crippen molar-refractivity contribution in [1.29, 1.82) is 0 Å². The molecule has 1 aromatic rings. The van der Waals surface area contributed by atoms with Gasteiger partial charge in [-0.15, -0.1) is 0 Å². The predicted octanol–water partition coefficient (Wildman–Crippen LogP) is 1.38. The molecular weight excluding hydrogens is 347 g/mol. The second-order valence-corrected chi connectivity index (χ2v) is 5.09. The van der Waals surface area contributed by atoms with Gasteiger partial charge in [0, 0.05) is 16.5 Å². The molecule has 18 heavy (non-hydrogen) atoms. The van der Waals surface area contributed by atoms with E-state index in [1.54, 1.807) is 12.1 Å². The van der Waals surface area contributed by atoms with Gasteiger partial charge in [0.25, 0.3) is 5.91 Å². The normalized spacial score (nSPS) is 10.1. The molecule has 6 heteroatoms. The van der Waals surface area contributed by atoms with Crippen LogP contribution in [0.4, 0.5) is 0 Å². The first-order valence-electron chi connectivity index (χ1n) is 5.55. The van der Waals surface area contributed by atoms with E-state index in [4.69, 9.17) is 5.73 Å². The fourth-order valence-corrected chi connectivity index (χ4v) is 1.90. The van der Waals surface area contributed by atoms with Crippen LogP contribution < -0.4 is 11.1 Å². The Labute approximate surface area is 119 Å². The first-order chi connectivity index (χ1) is 8.50. The third-order valence-electron chi connectivity index (χ3n) is 2.34. The van der Waals surface area contributed by atoms with Gasteiger partial charge in [0.1, 0.15) is 5.75 Å². The van der Waals surface area contributed by atoms with Crippen molar-refractivity contribution in [2.45, 2.75) is 19.3 Å². The summed E-state index contributed by atoms with van der Waals surface area (Å²) in [7, 11) is 0. The maximum Gasteiger partial charge on any atom is 0.255 e. The molecule has 4 N–H and O–H groups in total. The van der Waals surface area contributed by atoms with E-state index in [1.807, 2.05) is 0 Å². The van der Waals surface area contributed by atoms with E-state index >= 15 is 0 Å². The monoisotopic (exact) mass is 362 g/mol. The lowest BCUT2D eigenvalue weighted by atomic mass is 10.2. The lowest BCUT2D eigenvalue weighted by Gasteiger charge is -2.07. The largest absolute Gasteiger partial charge is 0.507 e. The topological polar surface area (TPSA) is 92.4 Å². The van der Waals surface area contributed by atoms with Crippen molar-refractivity contribution < 1.29 is 14.7 Å². The van der Waals surface area contributed by atoms with Crippen molar-refractivity contribution in [2.24, 2.45) is 5.73 Å². The van der Waals surface area contributed by atoms with E-state index in [2.05, 4.69) is 27.9 Å². The zero-order valence-electron chi connectivity index (χ0n) is 9.78. The van der Waals surface area contributed by atoms with Gasteiger partial charge in [0.15, 0.2) is 0 Å². The molecular formula is C12H15IN2O3. The maximum absolute atomic E-state index is 11.7. The summed E-state index contributed by atoms with van der Waals surface area (Å²) in [6.07, 6.45) is 1.65. The summed E-state index contributed by atoms with van der Waals surface area (Å²) >= 11 is 2.07. The molecule has 0 saturated carbocycles. The predicted molar refractivity (Wildman–Crippen MR) is 76.2 cm³/mol. The summed E-state index contributed by atoms with van der Waals surface area (Å²) in [4.78, 5) is 22.2. The number of nitrogens with one attached hydrogen (secondary N) is 1. The minimum absolute atomic E-state index is 0.0370. The van der Waals surface area contributed by atoms with Crippen LogP contribution in [0.25, 0.3) is 0 Å². The number of carbonyl (C=O) groups excluding carboxylic acids is 2. The van der Waals surface area contributed by atoms with E-state index in [0.717, 1.165) is 3.57 Å². The van der Waals surface area contributed by atoms with Crippen LogP contribution in [0.15, 0.2) is 18.2 Å². The number of hydrogen-bond acceptors (Lipinski definition) is 3. The summed E-state index contributed by atoms with van der Waals surface area (Å²) in [6, 6.07) is 4.83. The highest BCUT2D eigenvalue weighted by Crippen LogP contribution is 2.19. The van der Waals surface area contributed by atoms with Crippen molar-refractivity contribution in [3.8, 4) is 5.75 Å². The van der Waals surface area contributed by atoms with Crippen molar-refractivity contribution in [2.75, 3.05) is 6.54 Å². The maximum atomic E-state index is 11.7. The zero-order chi connectivity index (χ0) is 13.5. The summed E-state index contributed by atoms with van der Waals surface area (Å²) in [6.45, 7) is 0.455. The SMILES string of the molecule is NC(=O)CCCCNC(=O)c1cc(I)ccc1O. The van der Waals surface area contributed by atoms with Crippen molar-refractivity contribution in [1.82, 2.24) is 5.32 Å². The molecule has 0 fully saturated rings. The Balaban J connectivity index is 2.41. The number of unbranched alkanes of at least 4 members (excludes halogenated alkanes) is 1. The highest BCUT2D eigenvalue weighted by molar-refractivity contribution is 14.1. The Hall–Kier alpha value is -1.31. The molecule has 0 aromatic heterocycles. The van der Waals surface area contributed by atoms with Crippen molar-refractivity contribution in [3.63, 3.8) is 0 Å². The van der Waals surface area contributed by atoms with Gasteiger partial charge in [-0.25, -0.2) is 0 Å². The zero-order valence-corrected chi connectivity index (χ0v) is 11.9. The molecule has 0 bridgehead atoms. The molecule has 0 aliphatic heterocycles. The number of phenolic OH excluding ortho intramolecular Hbond substituents is 1. The molecule has 0 aliphatic carbocycles. The van der Waals surface area contributed by atoms with Crippen LogP contribution in [0.1, 0.15) is 29.6 Å². The average molecular weight is 362 g/mol. The Kier molecular flexibility index (Phi) is 5.90. The van der Waals surface area contributed by atoms with Crippen molar-refractivity contribution in [3.05, 3.63) is 27.3 Å². The van der Waals surface area contributed by atoms with E-state index < -0.39 is 0 Å². The molecule has 2 amide bonds. The van der Waals surface area contributed by atoms with E-state index in [1.165, 1.54) is 6.07 Å². The van der Waals surface area contributed by atoms with Crippen LogP contribution in [0, 0.1) is 3.57 Å². The van der Waals surface area contributed by atoms with Crippen LogP contribution >= 0.6 is 22.6 Å². The molecule has 0 unspecified atom stereocenters. The Bertz CT molecular complexity index is 449. The number of amides is 2. The molecule has 0 heterocycles. The van der Waals surface area contributed by atoms with Crippen LogP contribution in [-0.2, 0) is 4.79 Å². The Morgan fingerprint density at radius 1 is 1.33 bits per heavy atom. The number of carbonyl (C=O) groups is 2. The Morgan fingerprint density at radius 2 is 2.06 bits per heavy atom. The van der Waals surface area contributed by atoms with Crippen molar-refractivity contribution >= 4 is 34.4 Å². The number of halogens is 1. The lowest BCUT2D eigenvalue weighted by molar-refractivity contribution is -0.118. The second kappa shape index (κ2) is 7.20. The number of primary amides is 1. The van der Waals surface area contributed by atoms with Gasteiger partial charge in [-0.3, -0.25) is 9.59 Å². The second-order valence-electron chi connectivity index (χ2n) is 3.84. The van der Waals surface area contributed by atoms with Gasteiger partial charge in [0.05, 0.1) is 5.56 Å². The third kappa shape index (κ3) is 4.91.